The van der Waals surface area contributed by atoms with Crippen molar-refractivity contribution in [3.8, 4) is 6.07 Å². The standard InChI is InChI=1S/C29H29N7O3/c1-17-10-19(14-31-21(17)13-30)36-27(38)25-22-11-20(35(25)28(36)39)16-33(22)26(37)23-12-24(29(2,3)4)32-34(23)15-18-8-6-5-7-9-18/h5-10,12,14,20,22,25H,11,15-16H2,1-4H3/t20-,22-,25-/m0/s1. The number of nitriles is 1. The highest BCUT2D eigenvalue weighted by Crippen LogP contribution is 2.43. The van der Waals surface area contributed by atoms with Gasteiger partial charge in [-0.25, -0.2) is 14.7 Å². The molecule has 6 rings (SSSR count). The van der Waals surface area contributed by atoms with Crippen LogP contribution in [0.25, 0.3) is 0 Å². The fraction of sp³-hybridized carbons (Fsp3) is 0.379. The molecule has 10 heteroatoms. The minimum absolute atomic E-state index is 0.185. The van der Waals surface area contributed by atoms with E-state index in [9.17, 15) is 19.6 Å². The lowest BCUT2D eigenvalue weighted by molar-refractivity contribution is -0.121. The van der Waals surface area contributed by atoms with Gasteiger partial charge in [-0.05, 0) is 36.6 Å². The van der Waals surface area contributed by atoms with Crippen LogP contribution < -0.4 is 4.90 Å². The van der Waals surface area contributed by atoms with E-state index in [-0.39, 0.29) is 29.0 Å². The molecule has 39 heavy (non-hydrogen) atoms. The Labute approximate surface area is 226 Å². The molecule has 0 unspecified atom stereocenters. The smallest absolute Gasteiger partial charge is 0.330 e. The largest absolute Gasteiger partial charge is 0.332 e. The molecule has 2 aromatic heterocycles. The van der Waals surface area contributed by atoms with Crippen molar-refractivity contribution in [3.05, 3.63) is 76.9 Å². The molecule has 3 fully saturated rings. The van der Waals surface area contributed by atoms with E-state index in [0.29, 0.717) is 36.5 Å². The quantitative estimate of drug-likeness (QED) is 0.485. The minimum atomic E-state index is -0.747. The van der Waals surface area contributed by atoms with Crippen LogP contribution in [0.15, 0.2) is 48.7 Å². The highest BCUT2D eigenvalue weighted by molar-refractivity contribution is 6.22. The van der Waals surface area contributed by atoms with Crippen molar-refractivity contribution < 1.29 is 14.4 Å². The fourth-order valence-electron chi connectivity index (χ4n) is 5.91. The van der Waals surface area contributed by atoms with Gasteiger partial charge in [0, 0.05) is 12.0 Å². The van der Waals surface area contributed by atoms with Gasteiger partial charge in [-0.15, -0.1) is 0 Å². The van der Waals surface area contributed by atoms with Gasteiger partial charge >= 0.3 is 6.03 Å². The van der Waals surface area contributed by atoms with Gasteiger partial charge in [-0.3, -0.25) is 14.3 Å². The van der Waals surface area contributed by atoms with Crippen LogP contribution in [0, 0.1) is 18.3 Å². The van der Waals surface area contributed by atoms with Gasteiger partial charge < -0.3 is 9.80 Å². The molecule has 3 aromatic rings. The van der Waals surface area contributed by atoms with Crippen LogP contribution in [0.2, 0.25) is 0 Å². The lowest BCUT2D eigenvalue weighted by Crippen LogP contribution is -2.55. The zero-order chi connectivity index (χ0) is 27.6. The molecular weight excluding hydrogens is 494 g/mol. The van der Waals surface area contributed by atoms with E-state index in [1.165, 1.54) is 6.20 Å². The summed E-state index contributed by atoms with van der Waals surface area (Å²) in [6, 6.07) is 13.5. The molecule has 5 heterocycles. The van der Waals surface area contributed by atoms with Crippen molar-refractivity contribution in [2.24, 2.45) is 0 Å². The number of nitrogens with zero attached hydrogens (tertiary/aromatic N) is 7. The molecule has 4 amide bonds. The molecule has 1 aromatic carbocycles. The average Bonchev–Trinajstić information content (AvgIpc) is 3.66. The number of benzene rings is 1. The van der Waals surface area contributed by atoms with E-state index in [2.05, 4.69) is 25.8 Å². The second-order valence-electron chi connectivity index (χ2n) is 11.5. The Bertz CT molecular complexity index is 1550. The maximum absolute atomic E-state index is 14.0. The summed E-state index contributed by atoms with van der Waals surface area (Å²) in [5.74, 6) is -0.556. The number of likely N-dealkylation sites (tertiary alicyclic amines) is 1. The molecule has 0 radical (unpaired) electrons. The lowest BCUT2D eigenvalue weighted by atomic mass is 9.92. The lowest BCUT2D eigenvalue weighted by Gasteiger charge is -2.34. The molecule has 0 aliphatic carbocycles. The topological polar surface area (TPSA) is 115 Å². The molecule has 10 nitrogen and oxygen atoms in total. The number of rotatable bonds is 4. The third-order valence-corrected chi connectivity index (χ3v) is 7.90. The van der Waals surface area contributed by atoms with Crippen molar-refractivity contribution in [2.75, 3.05) is 11.4 Å². The Morgan fingerprint density at radius 1 is 1.15 bits per heavy atom. The number of pyridine rings is 1. The number of hydrogen-bond donors (Lipinski definition) is 0. The molecule has 3 aliphatic rings. The first-order valence-corrected chi connectivity index (χ1v) is 13.0. The number of carbonyl (C=O) groups is 3. The summed E-state index contributed by atoms with van der Waals surface area (Å²) in [6.45, 7) is 8.70. The second-order valence-corrected chi connectivity index (χ2v) is 11.5. The van der Waals surface area contributed by atoms with Gasteiger partial charge in [-0.2, -0.15) is 10.4 Å². The van der Waals surface area contributed by atoms with E-state index in [1.54, 1.807) is 27.5 Å². The number of amides is 4. The summed E-state index contributed by atoms with van der Waals surface area (Å²) >= 11 is 0. The van der Waals surface area contributed by atoms with E-state index in [4.69, 9.17) is 5.10 Å². The number of hydrogen-bond acceptors (Lipinski definition) is 6. The summed E-state index contributed by atoms with van der Waals surface area (Å²) in [6.07, 6.45) is 1.94. The number of aryl methyl sites for hydroxylation is 1. The summed E-state index contributed by atoms with van der Waals surface area (Å²) < 4.78 is 1.75. The summed E-state index contributed by atoms with van der Waals surface area (Å²) in [5.41, 5.74) is 3.24. The minimum Gasteiger partial charge on any atom is -0.330 e. The Morgan fingerprint density at radius 2 is 1.90 bits per heavy atom. The number of anilines is 1. The first-order chi connectivity index (χ1) is 18.6. The van der Waals surface area contributed by atoms with Crippen molar-refractivity contribution in [1.82, 2.24) is 24.6 Å². The second kappa shape index (κ2) is 8.76. The van der Waals surface area contributed by atoms with Gasteiger partial charge in [0.15, 0.2) is 0 Å². The van der Waals surface area contributed by atoms with Crippen molar-refractivity contribution in [2.45, 2.75) is 64.2 Å². The van der Waals surface area contributed by atoms with Crippen LogP contribution in [0.5, 0.6) is 0 Å². The van der Waals surface area contributed by atoms with E-state index in [0.717, 1.165) is 16.2 Å². The van der Waals surface area contributed by atoms with Gasteiger partial charge in [0.1, 0.15) is 23.5 Å². The average molecular weight is 524 g/mol. The maximum Gasteiger partial charge on any atom is 0.332 e. The zero-order valence-electron chi connectivity index (χ0n) is 22.3. The molecule has 0 spiro atoms. The number of carbonyl (C=O) groups excluding carboxylic acids is 3. The highest BCUT2D eigenvalue weighted by atomic mass is 16.2. The SMILES string of the molecule is Cc1cc(N2C(=O)[C@@H]3[C@@H]4C[C@@H](CN4C(=O)c4cc(C(C)(C)C)nn4Cc4ccccc4)N3C2=O)cnc1C#N. The van der Waals surface area contributed by atoms with Crippen LogP contribution in [-0.4, -0.2) is 67.1 Å². The normalized spacial score (nSPS) is 22.0. The zero-order valence-corrected chi connectivity index (χ0v) is 22.3. The molecule has 198 valence electrons. The van der Waals surface area contributed by atoms with Gasteiger partial charge in [0.05, 0.1) is 36.2 Å². The van der Waals surface area contributed by atoms with Crippen molar-refractivity contribution in [3.63, 3.8) is 0 Å². The number of aromatic nitrogens is 3. The number of urea groups is 1. The predicted molar refractivity (Wildman–Crippen MR) is 142 cm³/mol. The molecule has 0 N–H and O–H groups in total. The van der Waals surface area contributed by atoms with Crippen LogP contribution >= 0.6 is 0 Å². The number of imide groups is 1. The maximum atomic E-state index is 14.0. The fourth-order valence-corrected chi connectivity index (χ4v) is 5.91. The van der Waals surface area contributed by atoms with Gasteiger partial charge in [-0.1, -0.05) is 51.1 Å². The Kier molecular flexibility index (Phi) is 5.57. The Balaban J connectivity index is 1.30. The summed E-state index contributed by atoms with van der Waals surface area (Å²) in [4.78, 5) is 49.6. The third-order valence-electron chi connectivity index (χ3n) is 7.90. The van der Waals surface area contributed by atoms with Gasteiger partial charge in [0.2, 0.25) is 0 Å². The molecule has 3 aliphatic heterocycles. The molecular formula is C29H29N7O3. The molecule has 0 saturated carbocycles. The first kappa shape index (κ1) is 24.8. The molecule has 3 saturated heterocycles. The first-order valence-electron chi connectivity index (χ1n) is 13.0. The van der Waals surface area contributed by atoms with Crippen LogP contribution in [0.1, 0.15) is 60.2 Å². The van der Waals surface area contributed by atoms with Crippen molar-refractivity contribution >= 4 is 23.5 Å². The third kappa shape index (κ3) is 3.88. The van der Waals surface area contributed by atoms with Crippen molar-refractivity contribution in [1.29, 1.82) is 5.26 Å². The van der Waals surface area contributed by atoms with Crippen LogP contribution in [0.3, 0.4) is 0 Å². The van der Waals surface area contributed by atoms with Crippen LogP contribution in [0.4, 0.5) is 10.5 Å². The summed E-state index contributed by atoms with van der Waals surface area (Å²) in [5, 5.41) is 14.0. The monoisotopic (exact) mass is 523 g/mol. The molecule has 3 atom stereocenters. The predicted octanol–water partition coefficient (Wildman–Crippen LogP) is 3.24. The number of piperazine rings is 1. The Morgan fingerprint density at radius 3 is 2.56 bits per heavy atom. The van der Waals surface area contributed by atoms with Gasteiger partial charge in [0.25, 0.3) is 11.8 Å². The molecule has 2 bridgehead atoms. The number of fused-ring (bicyclic) bond motifs is 5. The van der Waals surface area contributed by atoms with E-state index < -0.39 is 18.1 Å². The highest BCUT2D eigenvalue weighted by Gasteiger charge is 2.63. The summed E-state index contributed by atoms with van der Waals surface area (Å²) in [7, 11) is 0. The van der Waals surface area contributed by atoms with E-state index in [1.807, 2.05) is 42.5 Å². The van der Waals surface area contributed by atoms with E-state index >= 15 is 0 Å². The van der Waals surface area contributed by atoms with Crippen LogP contribution in [-0.2, 0) is 16.8 Å². The Hall–Kier alpha value is -4.52.